The number of alkyl halides is 3. The molecular formula is C12H9F3N2O4S. The molecular weight excluding hydrogens is 325 g/mol. The molecule has 0 saturated carbocycles. The highest BCUT2D eigenvalue weighted by Crippen LogP contribution is 2.34. The molecule has 0 aliphatic carbocycles. The molecule has 2 aromatic rings. The van der Waals surface area contributed by atoms with Crippen LogP contribution in [0.2, 0.25) is 0 Å². The third-order valence-corrected chi connectivity index (χ3v) is 3.74. The van der Waals surface area contributed by atoms with E-state index in [0.29, 0.717) is 0 Å². The maximum Gasteiger partial charge on any atom is 0.534 e. The number of halogens is 3. The molecule has 2 rings (SSSR count). The first kappa shape index (κ1) is 16.0. The van der Waals surface area contributed by atoms with Crippen LogP contribution in [-0.2, 0) is 10.1 Å². The number of para-hydroxylation sites is 1. The van der Waals surface area contributed by atoms with Crippen LogP contribution in [0, 0.1) is 6.92 Å². The quantitative estimate of drug-likeness (QED) is 0.682. The summed E-state index contributed by atoms with van der Waals surface area (Å²) in [7, 11) is -5.89. The van der Waals surface area contributed by atoms with Crippen molar-refractivity contribution in [2.45, 2.75) is 12.4 Å². The van der Waals surface area contributed by atoms with Gasteiger partial charge in [-0.05, 0) is 19.1 Å². The number of hydrogen-bond acceptors (Lipinski definition) is 5. The molecule has 0 saturated heterocycles. The summed E-state index contributed by atoms with van der Waals surface area (Å²) in [5, 5.41) is 0.0119. The average molecular weight is 334 g/mol. The molecule has 22 heavy (non-hydrogen) atoms. The second kappa shape index (κ2) is 5.13. The lowest BCUT2D eigenvalue weighted by Gasteiger charge is -2.15. The van der Waals surface area contributed by atoms with Crippen LogP contribution in [0.3, 0.4) is 0 Å². The highest BCUT2D eigenvalue weighted by atomic mass is 32.2. The van der Waals surface area contributed by atoms with Gasteiger partial charge in [0, 0.05) is 10.9 Å². The number of primary amides is 1. The van der Waals surface area contributed by atoms with Gasteiger partial charge >= 0.3 is 15.6 Å². The number of carbonyl (C=O) groups is 1. The maximum absolute atomic E-state index is 12.5. The normalized spacial score (nSPS) is 12.4. The molecule has 0 unspecified atom stereocenters. The second-order valence-corrected chi connectivity index (χ2v) is 5.82. The lowest BCUT2D eigenvalue weighted by atomic mass is 10.1. The molecule has 1 amide bonds. The van der Waals surface area contributed by atoms with E-state index in [1.165, 1.54) is 31.2 Å². The molecule has 6 nitrogen and oxygen atoms in total. The molecule has 1 heterocycles. The monoisotopic (exact) mass is 334 g/mol. The van der Waals surface area contributed by atoms with Gasteiger partial charge in [0.1, 0.15) is 5.69 Å². The van der Waals surface area contributed by atoms with Crippen LogP contribution in [0.25, 0.3) is 10.9 Å². The smallest absolute Gasteiger partial charge is 0.375 e. The first-order valence-electron chi connectivity index (χ1n) is 5.74. The standard InChI is InChI=1S/C12H9F3N2O4S/c1-6-9(11(16)18)17-8-5-3-2-4-7(8)10(6)21-22(19,20)12(13,14)15/h2-5H,1H3,(H2,16,18). The Morgan fingerprint density at radius 2 is 1.86 bits per heavy atom. The fourth-order valence-electron chi connectivity index (χ4n) is 1.78. The van der Waals surface area contributed by atoms with E-state index in [2.05, 4.69) is 9.17 Å². The van der Waals surface area contributed by atoms with Crippen LogP contribution in [0.1, 0.15) is 16.1 Å². The van der Waals surface area contributed by atoms with Gasteiger partial charge in [-0.3, -0.25) is 4.79 Å². The van der Waals surface area contributed by atoms with Gasteiger partial charge in [-0.15, -0.1) is 0 Å². The number of aromatic nitrogens is 1. The molecule has 2 N–H and O–H groups in total. The number of fused-ring (bicyclic) bond motifs is 1. The van der Waals surface area contributed by atoms with E-state index in [1.807, 2.05) is 0 Å². The zero-order valence-electron chi connectivity index (χ0n) is 11.0. The molecule has 0 radical (unpaired) electrons. The first-order chi connectivity index (χ1) is 10.0. The van der Waals surface area contributed by atoms with Crippen LogP contribution in [-0.4, -0.2) is 24.8 Å². The molecule has 0 spiro atoms. The zero-order valence-corrected chi connectivity index (χ0v) is 11.8. The molecule has 1 aromatic carbocycles. The third kappa shape index (κ3) is 2.69. The van der Waals surface area contributed by atoms with E-state index >= 15 is 0 Å². The van der Waals surface area contributed by atoms with E-state index in [1.54, 1.807) is 0 Å². The Bertz CT molecular complexity index is 863. The number of rotatable bonds is 3. The minimum atomic E-state index is -5.89. The number of pyridine rings is 1. The third-order valence-electron chi connectivity index (χ3n) is 2.79. The van der Waals surface area contributed by atoms with E-state index in [0.717, 1.165) is 0 Å². The molecule has 1 aromatic heterocycles. The van der Waals surface area contributed by atoms with Gasteiger partial charge in [-0.2, -0.15) is 21.6 Å². The Balaban J connectivity index is 2.77. The van der Waals surface area contributed by atoms with Crippen molar-refractivity contribution in [3.8, 4) is 5.75 Å². The molecule has 10 heteroatoms. The second-order valence-electron chi connectivity index (χ2n) is 4.28. The summed E-state index contributed by atoms with van der Waals surface area (Å²) in [5.74, 6) is -1.64. The maximum atomic E-state index is 12.5. The minimum absolute atomic E-state index is 0.0119. The van der Waals surface area contributed by atoms with Crippen LogP contribution < -0.4 is 9.92 Å². The molecule has 0 atom stereocenters. The van der Waals surface area contributed by atoms with Gasteiger partial charge < -0.3 is 9.92 Å². The van der Waals surface area contributed by atoms with Crippen LogP contribution in [0.5, 0.6) is 5.75 Å². The molecule has 0 aliphatic rings. The van der Waals surface area contributed by atoms with Gasteiger partial charge in [0.15, 0.2) is 5.75 Å². The van der Waals surface area contributed by atoms with E-state index < -0.39 is 27.3 Å². The van der Waals surface area contributed by atoms with E-state index in [9.17, 15) is 26.4 Å². The van der Waals surface area contributed by atoms with Crippen molar-refractivity contribution in [2.75, 3.05) is 0 Å². The van der Waals surface area contributed by atoms with Gasteiger partial charge in [-0.1, -0.05) is 12.1 Å². The highest BCUT2D eigenvalue weighted by molar-refractivity contribution is 7.88. The fourth-order valence-corrected chi connectivity index (χ4v) is 2.31. The lowest BCUT2D eigenvalue weighted by Crippen LogP contribution is -2.28. The number of amides is 1. The van der Waals surface area contributed by atoms with Crippen LogP contribution in [0.15, 0.2) is 24.3 Å². The first-order valence-corrected chi connectivity index (χ1v) is 7.15. The Labute approximate surface area is 122 Å². The van der Waals surface area contributed by atoms with Gasteiger partial charge in [0.25, 0.3) is 5.91 Å². The summed E-state index contributed by atoms with van der Waals surface area (Å²) in [6, 6.07) is 5.67. The summed E-state index contributed by atoms with van der Waals surface area (Å²) in [5.41, 5.74) is -0.992. The minimum Gasteiger partial charge on any atom is -0.375 e. The van der Waals surface area contributed by atoms with Crippen molar-refractivity contribution in [3.63, 3.8) is 0 Å². The van der Waals surface area contributed by atoms with Crippen molar-refractivity contribution in [3.05, 3.63) is 35.5 Å². The average Bonchev–Trinajstić information content (AvgIpc) is 2.40. The summed E-state index contributed by atoms with van der Waals surface area (Å²) in [4.78, 5) is 15.2. The number of hydrogen-bond donors (Lipinski definition) is 1. The molecule has 0 aliphatic heterocycles. The molecule has 118 valence electrons. The molecule has 0 bridgehead atoms. The van der Waals surface area contributed by atoms with Gasteiger partial charge in [0.2, 0.25) is 0 Å². The Hall–Kier alpha value is -2.36. The van der Waals surface area contributed by atoms with Crippen LogP contribution >= 0.6 is 0 Å². The summed E-state index contributed by atoms with van der Waals surface area (Å²) in [6.45, 7) is 1.20. The van der Waals surface area contributed by atoms with Gasteiger partial charge in [-0.25, -0.2) is 4.98 Å². The van der Waals surface area contributed by atoms with Crippen molar-refractivity contribution >= 4 is 26.9 Å². The summed E-state index contributed by atoms with van der Waals surface area (Å²) >= 11 is 0. The highest BCUT2D eigenvalue weighted by Gasteiger charge is 2.49. The predicted molar refractivity (Wildman–Crippen MR) is 70.6 cm³/mol. The molecule has 0 fully saturated rings. The van der Waals surface area contributed by atoms with Crippen molar-refractivity contribution in [1.82, 2.24) is 4.98 Å². The fraction of sp³-hybridized carbons (Fsp3) is 0.167. The zero-order chi connectivity index (χ0) is 16.7. The lowest BCUT2D eigenvalue weighted by molar-refractivity contribution is -0.0499. The SMILES string of the molecule is Cc1c(C(N)=O)nc2ccccc2c1OS(=O)(=O)C(F)(F)F. The number of carbonyl (C=O) groups excluding carboxylic acids is 1. The summed E-state index contributed by atoms with van der Waals surface area (Å²) < 4.78 is 64.1. The van der Waals surface area contributed by atoms with Crippen molar-refractivity contribution in [2.24, 2.45) is 5.73 Å². The summed E-state index contributed by atoms with van der Waals surface area (Å²) in [6.07, 6.45) is 0. The van der Waals surface area contributed by atoms with Crippen molar-refractivity contribution < 1.29 is 30.6 Å². The number of nitrogens with zero attached hydrogens (tertiary/aromatic N) is 1. The van der Waals surface area contributed by atoms with Crippen LogP contribution in [0.4, 0.5) is 13.2 Å². The Morgan fingerprint density at radius 1 is 1.27 bits per heavy atom. The topological polar surface area (TPSA) is 99.3 Å². The Morgan fingerprint density at radius 3 is 2.41 bits per heavy atom. The predicted octanol–water partition coefficient (Wildman–Crippen LogP) is 1.87. The van der Waals surface area contributed by atoms with E-state index in [-0.39, 0.29) is 22.2 Å². The number of benzene rings is 1. The van der Waals surface area contributed by atoms with E-state index in [4.69, 9.17) is 5.73 Å². The largest absolute Gasteiger partial charge is 0.534 e. The number of nitrogens with two attached hydrogens (primary N) is 1. The van der Waals surface area contributed by atoms with Gasteiger partial charge in [0.05, 0.1) is 5.52 Å². The van der Waals surface area contributed by atoms with Crippen molar-refractivity contribution in [1.29, 1.82) is 0 Å². The Kier molecular flexibility index (Phi) is 3.73.